The smallest absolute Gasteiger partial charge is 0.102 e. The highest BCUT2D eigenvalue weighted by Gasteiger charge is 2.27. The molecule has 0 fully saturated rings. The van der Waals surface area contributed by atoms with E-state index in [1.807, 2.05) is 6.21 Å². The predicted molar refractivity (Wildman–Crippen MR) is 77.9 cm³/mol. The predicted octanol–water partition coefficient (Wildman–Crippen LogP) is 3.66. The summed E-state index contributed by atoms with van der Waals surface area (Å²) in [6, 6.07) is 10.7. The molecule has 1 aliphatic carbocycles. The number of allylic oxidation sites excluding steroid dienone is 4. The van der Waals surface area contributed by atoms with Crippen molar-refractivity contribution in [2.45, 2.75) is 25.3 Å². The van der Waals surface area contributed by atoms with E-state index in [2.05, 4.69) is 52.8 Å². The zero-order chi connectivity index (χ0) is 12.7. The molecule has 2 aliphatic heterocycles. The summed E-state index contributed by atoms with van der Waals surface area (Å²) in [6.07, 6.45) is 10.0. The molecule has 0 spiro atoms. The van der Waals surface area contributed by atoms with Gasteiger partial charge in [-0.15, -0.1) is 0 Å². The van der Waals surface area contributed by atoms with Gasteiger partial charge >= 0.3 is 0 Å². The summed E-state index contributed by atoms with van der Waals surface area (Å²) >= 11 is 0. The first-order valence-electron chi connectivity index (χ1n) is 6.91. The molecule has 19 heavy (non-hydrogen) atoms. The Hall–Kier alpha value is -2.09. The van der Waals surface area contributed by atoms with Crippen LogP contribution in [0.1, 0.15) is 30.9 Å². The number of hydrogen-bond acceptors (Lipinski definition) is 2. The van der Waals surface area contributed by atoms with Crippen LogP contribution in [0.25, 0.3) is 0 Å². The van der Waals surface area contributed by atoms with E-state index in [1.54, 1.807) is 0 Å². The Morgan fingerprint density at radius 3 is 2.89 bits per heavy atom. The lowest BCUT2D eigenvalue weighted by Gasteiger charge is -2.27. The molecule has 0 amide bonds. The molecule has 1 aromatic rings. The lowest BCUT2D eigenvalue weighted by Crippen LogP contribution is -2.23. The lowest BCUT2D eigenvalue weighted by atomic mass is 9.91. The molecular formula is C17H16N2. The van der Waals surface area contributed by atoms with E-state index in [-0.39, 0.29) is 6.04 Å². The first kappa shape index (κ1) is 10.8. The highest BCUT2D eigenvalue weighted by atomic mass is 14.9. The van der Waals surface area contributed by atoms with Crippen molar-refractivity contribution in [2.24, 2.45) is 4.99 Å². The van der Waals surface area contributed by atoms with E-state index in [0.29, 0.717) is 0 Å². The minimum atomic E-state index is 0.142. The van der Waals surface area contributed by atoms with E-state index in [4.69, 9.17) is 0 Å². The van der Waals surface area contributed by atoms with Gasteiger partial charge in [-0.2, -0.15) is 0 Å². The van der Waals surface area contributed by atoms with Crippen LogP contribution in [0.15, 0.2) is 70.0 Å². The van der Waals surface area contributed by atoms with Crippen LogP contribution in [0.5, 0.6) is 0 Å². The van der Waals surface area contributed by atoms with Gasteiger partial charge in [0.2, 0.25) is 0 Å². The van der Waals surface area contributed by atoms with Gasteiger partial charge in [0.05, 0.1) is 0 Å². The van der Waals surface area contributed by atoms with Crippen LogP contribution in [-0.2, 0) is 0 Å². The molecule has 1 unspecified atom stereocenters. The molecule has 2 heteroatoms. The van der Waals surface area contributed by atoms with Gasteiger partial charge in [0.15, 0.2) is 0 Å². The Kier molecular flexibility index (Phi) is 2.41. The Bertz CT molecular complexity index is 632. The molecule has 2 nitrogen and oxygen atoms in total. The maximum Gasteiger partial charge on any atom is 0.102 e. The molecule has 3 aliphatic rings. The fraction of sp³-hybridized carbons (Fsp3) is 0.235. The quantitative estimate of drug-likeness (QED) is 0.805. The molecule has 0 saturated heterocycles. The van der Waals surface area contributed by atoms with Crippen molar-refractivity contribution in [3.8, 4) is 0 Å². The van der Waals surface area contributed by atoms with Gasteiger partial charge in [-0.05, 0) is 42.6 Å². The van der Waals surface area contributed by atoms with Gasteiger partial charge in [0.25, 0.3) is 0 Å². The topological polar surface area (TPSA) is 24.4 Å². The zero-order valence-electron chi connectivity index (χ0n) is 10.8. The first-order chi connectivity index (χ1) is 9.42. The summed E-state index contributed by atoms with van der Waals surface area (Å²) in [6.45, 7) is 0. The summed E-state index contributed by atoms with van der Waals surface area (Å²) in [5.41, 5.74) is 6.69. The normalized spacial score (nSPS) is 24.3. The van der Waals surface area contributed by atoms with Crippen LogP contribution < -0.4 is 5.32 Å². The third-order valence-corrected chi connectivity index (χ3v) is 4.07. The molecule has 0 bridgehead atoms. The Morgan fingerprint density at radius 1 is 1.11 bits per heavy atom. The second-order valence-corrected chi connectivity index (χ2v) is 5.27. The number of rotatable bonds is 1. The number of aliphatic imine (C=N–C) groups is 1. The number of fused-ring (bicyclic) bond motifs is 1. The lowest BCUT2D eigenvalue weighted by molar-refractivity contribution is 0.787. The average molecular weight is 248 g/mol. The van der Waals surface area contributed by atoms with Gasteiger partial charge in [0.1, 0.15) is 6.04 Å². The van der Waals surface area contributed by atoms with Crippen molar-refractivity contribution in [1.82, 2.24) is 5.32 Å². The van der Waals surface area contributed by atoms with Gasteiger partial charge in [0, 0.05) is 23.2 Å². The third kappa shape index (κ3) is 1.75. The molecule has 94 valence electrons. The number of nitrogens with zero attached hydrogens (tertiary/aromatic N) is 1. The largest absolute Gasteiger partial charge is 0.358 e. The van der Waals surface area contributed by atoms with Crippen molar-refractivity contribution in [2.75, 3.05) is 0 Å². The number of nitrogens with one attached hydrogen (secondary N) is 1. The van der Waals surface area contributed by atoms with E-state index < -0.39 is 0 Å². The maximum absolute atomic E-state index is 4.67. The highest BCUT2D eigenvalue weighted by Crippen LogP contribution is 2.39. The molecule has 1 atom stereocenters. The minimum absolute atomic E-state index is 0.142. The van der Waals surface area contributed by atoms with Crippen molar-refractivity contribution in [1.29, 1.82) is 0 Å². The number of hydrogen-bond donors (Lipinski definition) is 1. The fourth-order valence-corrected chi connectivity index (χ4v) is 3.12. The Balaban J connectivity index is 1.78. The van der Waals surface area contributed by atoms with Crippen LogP contribution in [0.4, 0.5) is 0 Å². The van der Waals surface area contributed by atoms with Crippen LogP contribution in [0.3, 0.4) is 0 Å². The molecule has 0 radical (unpaired) electrons. The summed E-state index contributed by atoms with van der Waals surface area (Å²) in [5, 5.41) is 3.60. The van der Waals surface area contributed by atoms with Crippen LogP contribution in [0.2, 0.25) is 0 Å². The van der Waals surface area contributed by atoms with E-state index in [0.717, 1.165) is 0 Å². The van der Waals surface area contributed by atoms with Crippen LogP contribution in [-0.4, -0.2) is 6.21 Å². The first-order valence-corrected chi connectivity index (χ1v) is 6.91. The van der Waals surface area contributed by atoms with Gasteiger partial charge in [-0.1, -0.05) is 30.3 Å². The zero-order valence-corrected chi connectivity index (χ0v) is 10.8. The van der Waals surface area contributed by atoms with Crippen LogP contribution >= 0.6 is 0 Å². The second kappa shape index (κ2) is 4.23. The van der Waals surface area contributed by atoms with Crippen molar-refractivity contribution >= 4 is 6.21 Å². The van der Waals surface area contributed by atoms with E-state index >= 15 is 0 Å². The van der Waals surface area contributed by atoms with Crippen LogP contribution in [0, 0.1) is 0 Å². The number of benzene rings is 1. The summed E-state index contributed by atoms with van der Waals surface area (Å²) in [4.78, 5) is 4.67. The fourth-order valence-electron chi connectivity index (χ4n) is 3.12. The Labute approximate surface area is 113 Å². The molecule has 1 aromatic carbocycles. The van der Waals surface area contributed by atoms with E-state index in [9.17, 15) is 0 Å². The molecule has 2 heterocycles. The van der Waals surface area contributed by atoms with Crippen molar-refractivity contribution < 1.29 is 0 Å². The molecule has 0 aromatic heterocycles. The molecule has 1 N–H and O–H groups in total. The molecule has 0 saturated carbocycles. The van der Waals surface area contributed by atoms with Gasteiger partial charge < -0.3 is 5.32 Å². The summed E-state index contributed by atoms with van der Waals surface area (Å²) < 4.78 is 0. The maximum atomic E-state index is 4.67. The average Bonchev–Trinajstić information content (AvgIpc) is 2.92. The minimum Gasteiger partial charge on any atom is -0.358 e. The van der Waals surface area contributed by atoms with Crippen molar-refractivity contribution in [3.63, 3.8) is 0 Å². The molecule has 4 rings (SSSR count). The monoisotopic (exact) mass is 248 g/mol. The standard InChI is InChI=1S/C17H16N2/c1-2-5-12(6-3-1)17-14-11-13-7-4-8-15(13)19-16(14)9-10-18-17/h1-3,5-6,9-11,17,19H,4,7-8H2. The number of dihydropyridines is 2. The van der Waals surface area contributed by atoms with Crippen molar-refractivity contribution in [3.05, 3.63) is 70.6 Å². The third-order valence-electron chi connectivity index (χ3n) is 4.07. The summed E-state index contributed by atoms with van der Waals surface area (Å²) in [5.74, 6) is 0. The molecular weight excluding hydrogens is 232 g/mol. The SMILES string of the molecule is C1=NC(c2ccccc2)C2=CC3=C(CCC3)NC2=C1. The van der Waals surface area contributed by atoms with Gasteiger partial charge in [-0.25, -0.2) is 0 Å². The highest BCUT2D eigenvalue weighted by molar-refractivity contribution is 5.78. The van der Waals surface area contributed by atoms with Gasteiger partial charge in [-0.3, -0.25) is 4.99 Å². The second-order valence-electron chi connectivity index (χ2n) is 5.27. The van der Waals surface area contributed by atoms with E-state index in [1.165, 1.54) is 47.4 Å². The Morgan fingerprint density at radius 2 is 2.00 bits per heavy atom. The summed E-state index contributed by atoms with van der Waals surface area (Å²) in [7, 11) is 0.